The maximum absolute atomic E-state index is 12.1. The summed E-state index contributed by atoms with van der Waals surface area (Å²) in [6, 6.07) is 6.98. The van der Waals surface area contributed by atoms with Gasteiger partial charge < -0.3 is 4.90 Å². The molecular formula is C14H13ClN2O2S. The van der Waals surface area contributed by atoms with Gasteiger partial charge in [-0.25, -0.2) is 0 Å². The summed E-state index contributed by atoms with van der Waals surface area (Å²) >= 11 is 7.09. The van der Waals surface area contributed by atoms with E-state index in [0.29, 0.717) is 35.0 Å². The lowest BCUT2D eigenvalue weighted by molar-refractivity contribution is -0.117. The van der Waals surface area contributed by atoms with Crippen LogP contribution in [-0.4, -0.2) is 23.3 Å². The van der Waals surface area contributed by atoms with Crippen molar-refractivity contribution in [3.05, 3.63) is 28.8 Å². The molecule has 1 heterocycles. The van der Waals surface area contributed by atoms with Crippen molar-refractivity contribution in [2.45, 2.75) is 13.3 Å². The van der Waals surface area contributed by atoms with Gasteiger partial charge in [-0.3, -0.25) is 9.59 Å². The Bertz CT molecular complexity index is 597. The van der Waals surface area contributed by atoms with Crippen LogP contribution in [-0.2, 0) is 9.59 Å². The van der Waals surface area contributed by atoms with E-state index in [1.165, 1.54) is 18.7 Å². The molecule has 1 aromatic rings. The highest BCUT2D eigenvalue weighted by atomic mass is 35.5. The Morgan fingerprint density at radius 2 is 2.35 bits per heavy atom. The minimum absolute atomic E-state index is 0.0158. The van der Waals surface area contributed by atoms with E-state index in [1.807, 2.05) is 0 Å². The van der Waals surface area contributed by atoms with Crippen LogP contribution in [0.25, 0.3) is 0 Å². The maximum atomic E-state index is 12.1. The Morgan fingerprint density at radius 3 is 3.00 bits per heavy atom. The van der Waals surface area contributed by atoms with Crippen molar-refractivity contribution in [3.8, 4) is 6.07 Å². The predicted octanol–water partition coefficient (Wildman–Crippen LogP) is 2.84. The van der Waals surface area contributed by atoms with Crippen LogP contribution < -0.4 is 4.90 Å². The molecule has 0 aromatic heterocycles. The molecule has 1 saturated heterocycles. The van der Waals surface area contributed by atoms with Gasteiger partial charge in [0.05, 0.1) is 11.3 Å². The zero-order chi connectivity index (χ0) is 14.7. The minimum Gasteiger partial charge on any atom is -0.311 e. The van der Waals surface area contributed by atoms with Gasteiger partial charge in [0, 0.05) is 30.7 Å². The first-order chi connectivity index (χ1) is 9.51. The molecule has 0 saturated carbocycles. The molecule has 1 amide bonds. The molecule has 0 spiro atoms. The number of carbonyl (C=O) groups is 2. The van der Waals surface area contributed by atoms with Crippen molar-refractivity contribution in [3.63, 3.8) is 0 Å². The third-order valence-corrected chi connectivity index (χ3v) is 4.38. The second-order valence-corrected chi connectivity index (χ2v) is 6.28. The second-order valence-electron chi connectivity index (χ2n) is 4.65. The quantitative estimate of drug-likeness (QED) is 0.861. The molecule has 0 aliphatic carbocycles. The number of benzene rings is 1. The predicted molar refractivity (Wildman–Crippen MR) is 79.8 cm³/mol. The molecule has 0 bridgehead atoms. The number of amides is 1. The summed E-state index contributed by atoms with van der Waals surface area (Å²) in [4.78, 5) is 24.7. The van der Waals surface area contributed by atoms with Gasteiger partial charge in [-0.15, -0.1) is 0 Å². The summed E-state index contributed by atoms with van der Waals surface area (Å²) in [5.41, 5.74) is 0.989. The second kappa shape index (κ2) is 6.29. The van der Waals surface area contributed by atoms with Crippen LogP contribution in [0.4, 0.5) is 5.69 Å². The Balaban J connectivity index is 2.16. The van der Waals surface area contributed by atoms with E-state index in [1.54, 1.807) is 23.1 Å². The molecule has 1 aromatic carbocycles. The van der Waals surface area contributed by atoms with Crippen LogP contribution in [0.15, 0.2) is 18.2 Å². The Kier molecular flexibility index (Phi) is 4.69. The van der Waals surface area contributed by atoms with E-state index < -0.39 is 0 Å². The van der Waals surface area contributed by atoms with Crippen LogP contribution in [0.5, 0.6) is 0 Å². The number of thioether (sulfide) groups is 1. The van der Waals surface area contributed by atoms with Gasteiger partial charge in [0.25, 0.3) is 0 Å². The monoisotopic (exact) mass is 308 g/mol. The zero-order valence-electron chi connectivity index (χ0n) is 10.9. The molecule has 6 heteroatoms. The van der Waals surface area contributed by atoms with Crippen molar-refractivity contribution in [2.75, 3.05) is 17.2 Å². The maximum Gasteiger partial charge on any atom is 0.227 e. The van der Waals surface area contributed by atoms with Crippen molar-refractivity contribution < 1.29 is 9.59 Å². The van der Waals surface area contributed by atoms with Crippen molar-refractivity contribution in [1.29, 1.82) is 5.26 Å². The normalized spacial score (nSPS) is 18.1. The standard InChI is InChI=1S/C14H13ClN2O2S/c1-9(18)20-8-10-4-14(19)17(7-10)13-3-2-12(15)5-11(13)6-16/h2-3,5,10H,4,7-8H2,1H3. The Hall–Kier alpha value is -1.51. The summed E-state index contributed by atoms with van der Waals surface area (Å²) in [7, 11) is 0. The average molecular weight is 309 g/mol. The molecule has 104 valence electrons. The van der Waals surface area contributed by atoms with Gasteiger partial charge in [-0.1, -0.05) is 23.4 Å². The molecule has 1 aliphatic heterocycles. The first-order valence-electron chi connectivity index (χ1n) is 6.14. The van der Waals surface area contributed by atoms with Gasteiger partial charge in [0.1, 0.15) is 6.07 Å². The van der Waals surface area contributed by atoms with Crippen LogP contribution in [0.3, 0.4) is 0 Å². The molecular weight excluding hydrogens is 296 g/mol. The minimum atomic E-state index is -0.0158. The lowest BCUT2D eigenvalue weighted by Crippen LogP contribution is -2.25. The third-order valence-electron chi connectivity index (χ3n) is 3.10. The Morgan fingerprint density at radius 1 is 1.60 bits per heavy atom. The molecule has 4 nitrogen and oxygen atoms in total. The zero-order valence-corrected chi connectivity index (χ0v) is 12.5. The smallest absolute Gasteiger partial charge is 0.227 e. The first kappa shape index (κ1) is 14.9. The number of rotatable bonds is 3. The summed E-state index contributed by atoms with van der Waals surface area (Å²) in [5, 5.41) is 9.66. The number of nitrogens with zero attached hydrogens (tertiary/aromatic N) is 2. The highest BCUT2D eigenvalue weighted by Crippen LogP contribution is 2.31. The molecule has 2 rings (SSSR count). The highest BCUT2D eigenvalue weighted by molar-refractivity contribution is 8.13. The molecule has 0 N–H and O–H groups in total. The summed E-state index contributed by atoms with van der Waals surface area (Å²) in [6.45, 7) is 2.06. The summed E-state index contributed by atoms with van der Waals surface area (Å²) in [6.07, 6.45) is 0.410. The lowest BCUT2D eigenvalue weighted by Gasteiger charge is -2.18. The van der Waals surface area contributed by atoms with Gasteiger partial charge in [-0.05, 0) is 24.1 Å². The number of hydrogen-bond donors (Lipinski definition) is 0. The SMILES string of the molecule is CC(=O)SCC1CC(=O)N(c2ccc(Cl)cc2C#N)C1. The molecule has 1 aliphatic rings. The molecule has 1 fully saturated rings. The van der Waals surface area contributed by atoms with E-state index in [0.717, 1.165) is 0 Å². The summed E-state index contributed by atoms with van der Waals surface area (Å²) in [5.74, 6) is 0.754. The van der Waals surface area contributed by atoms with Gasteiger partial charge in [-0.2, -0.15) is 5.26 Å². The third kappa shape index (κ3) is 3.33. The van der Waals surface area contributed by atoms with Crippen LogP contribution in [0.1, 0.15) is 18.9 Å². The van der Waals surface area contributed by atoms with Crippen LogP contribution >= 0.6 is 23.4 Å². The van der Waals surface area contributed by atoms with E-state index >= 15 is 0 Å². The van der Waals surface area contributed by atoms with Crippen molar-refractivity contribution >= 4 is 40.1 Å². The van der Waals surface area contributed by atoms with Gasteiger partial charge in [0.15, 0.2) is 5.12 Å². The molecule has 20 heavy (non-hydrogen) atoms. The molecule has 0 radical (unpaired) electrons. The number of hydrogen-bond acceptors (Lipinski definition) is 4. The Labute approximate surface area is 126 Å². The largest absolute Gasteiger partial charge is 0.311 e. The number of halogens is 1. The topological polar surface area (TPSA) is 61.2 Å². The van der Waals surface area contributed by atoms with E-state index in [4.69, 9.17) is 16.9 Å². The highest BCUT2D eigenvalue weighted by Gasteiger charge is 2.32. The van der Waals surface area contributed by atoms with Gasteiger partial charge in [0.2, 0.25) is 5.91 Å². The van der Waals surface area contributed by atoms with Gasteiger partial charge >= 0.3 is 0 Å². The van der Waals surface area contributed by atoms with Crippen LogP contribution in [0, 0.1) is 17.2 Å². The first-order valence-corrected chi connectivity index (χ1v) is 7.51. The van der Waals surface area contributed by atoms with Crippen LogP contribution in [0.2, 0.25) is 5.02 Å². The fraction of sp³-hybridized carbons (Fsp3) is 0.357. The van der Waals surface area contributed by atoms with E-state index in [-0.39, 0.29) is 16.9 Å². The van der Waals surface area contributed by atoms with Crippen molar-refractivity contribution in [1.82, 2.24) is 0 Å². The number of nitriles is 1. The molecule has 1 unspecified atom stereocenters. The molecule has 1 atom stereocenters. The number of anilines is 1. The van der Waals surface area contributed by atoms with E-state index in [2.05, 4.69) is 6.07 Å². The lowest BCUT2D eigenvalue weighted by atomic mass is 10.1. The van der Waals surface area contributed by atoms with E-state index in [9.17, 15) is 9.59 Å². The number of carbonyl (C=O) groups excluding carboxylic acids is 2. The van der Waals surface area contributed by atoms with Crippen molar-refractivity contribution in [2.24, 2.45) is 5.92 Å². The average Bonchev–Trinajstić information content (AvgIpc) is 2.77. The summed E-state index contributed by atoms with van der Waals surface area (Å²) < 4.78 is 0. The fourth-order valence-corrected chi connectivity index (χ4v) is 3.06. The fourth-order valence-electron chi connectivity index (χ4n) is 2.19.